The lowest BCUT2D eigenvalue weighted by atomic mass is 9.69. The van der Waals surface area contributed by atoms with Crippen LogP contribution in [0.25, 0.3) is 0 Å². The second-order valence-corrected chi connectivity index (χ2v) is 9.76. The van der Waals surface area contributed by atoms with E-state index in [4.69, 9.17) is 0 Å². The molecule has 1 aliphatic heterocycles. The van der Waals surface area contributed by atoms with E-state index in [2.05, 4.69) is 0 Å². The monoisotopic (exact) mass is 395 g/mol. The molecule has 1 atom stereocenters. The summed E-state index contributed by atoms with van der Waals surface area (Å²) in [6.07, 6.45) is 0.829. The molecule has 1 heterocycles. The van der Waals surface area contributed by atoms with Crippen LogP contribution in [0.2, 0.25) is 0 Å². The molecular weight excluding hydrogens is 367 g/mol. The van der Waals surface area contributed by atoms with Gasteiger partial charge in [0.25, 0.3) is 0 Å². The Labute approximate surface area is 163 Å². The van der Waals surface area contributed by atoms with Crippen molar-refractivity contribution < 1.29 is 23.1 Å². The molecule has 1 N–H and O–H groups in total. The van der Waals surface area contributed by atoms with E-state index in [1.54, 1.807) is 19.1 Å². The summed E-state index contributed by atoms with van der Waals surface area (Å²) in [5.74, 6) is 0.622. The summed E-state index contributed by atoms with van der Waals surface area (Å²) in [6.45, 7) is 4.90. The van der Waals surface area contributed by atoms with Crippen molar-refractivity contribution in [3.05, 3.63) is 34.9 Å². The largest absolute Gasteiger partial charge is 0.416 e. The minimum absolute atomic E-state index is 0.0281. The van der Waals surface area contributed by atoms with Crippen LogP contribution in [0.5, 0.6) is 0 Å². The molecule has 3 nitrogen and oxygen atoms in total. The highest BCUT2D eigenvalue weighted by molar-refractivity contribution is 5.81. The third-order valence-electron chi connectivity index (χ3n) is 7.01. The maximum Gasteiger partial charge on any atom is 0.416 e. The van der Waals surface area contributed by atoms with Crippen LogP contribution in [0.1, 0.15) is 55.7 Å². The summed E-state index contributed by atoms with van der Waals surface area (Å²) in [5.41, 5.74) is 0.225. The third kappa shape index (κ3) is 3.68. The number of hydrogen-bond donors (Lipinski definition) is 1. The fourth-order valence-electron chi connectivity index (χ4n) is 5.65. The summed E-state index contributed by atoms with van der Waals surface area (Å²) in [5, 5.41) is 9.83. The molecule has 3 fully saturated rings. The lowest BCUT2D eigenvalue weighted by Gasteiger charge is -2.52. The number of hydrogen-bond acceptors (Lipinski definition) is 2. The number of rotatable bonds is 3. The van der Waals surface area contributed by atoms with E-state index in [0.29, 0.717) is 18.8 Å². The summed E-state index contributed by atoms with van der Waals surface area (Å²) in [4.78, 5) is 14.4. The first kappa shape index (κ1) is 19.7. The molecule has 28 heavy (non-hydrogen) atoms. The minimum Gasteiger partial charge on any atom is -0.390 e. The maximum absolute atomic E-state index is 12.9. The molecule has 3 aliphatic rings. The molecule has 2 aliphatic carbocycles. The highest BCUT2D eigenvalue weighted by atomic mass is 19.4. The first-order chi connectivity index (χ1) is 13.0. The highest BCUT2D eigenvalue weighted by Gasteiger charge is 2.52. The van der Waals surface area contributed by atoms with Gasteiger partial charge in [-0.15, -0.1) is 0 Å². The van der Waals surface area contributed by atoms with E-state index in [1.165, 1.54) is 13.0 Å². The van der Waals surface area contributed by atoms with Crippen molar-refractivity contribution in [1.29, 1.82) is 0 Å². The molecule has 6 heteroatoms. The molecule has 1 unspecified atom stereocenters. The van der Waals surface area contributed by atoms with Crippen LogP contribution < -0.4 is 0 Å². The Balaban J connectivity index is 1.30. The van der Waals surface area contributed by atoms with Gasteiger partial charge in [-0.05, 0) is 75.5 Å². The average molecular weight is 395 g/mol. The molecule has 0 radical (unpaired) electrons. The van der Waals surface area contributed by atoms with E-state index < -0.39 is 17.3 Å². The Bertz CT molecular complexity index is 772. The van der Waals surface area contributed by atoms with Crippen molar-refractivity contribution in [3.8, 4) is 0 Å². The molecule has 1 aromatic rings. The normalized spacial score (nSPS) is 31.6. The van der Waals surface area contributed by atoms with Crippen LogP contribution in [-0.4, -0.2) is 34.6 Å². The maximum atomic E-state index is 12.9. The topological polar surface area (TPSA) is 40.5 Å². The van der Waals surface area contributed by atoms with Gasteiger partial charge in [0.1, 0.15) is 0 Å². The molecule has 1 saturated heterocycles. The van der Waals surface area contributed by atoms with Crippen molar-refractivity contribution in [2.75, 3.05) is 13.1 Å². The fourth-order valence-corrected chi connectivity index (χ4v) is 5.65. The Morgan fingerprint density at radius 2 is 1.93 bits per heavy atom. The zero-order valence-electron chi connectivity index (χ0n) is 16.5. The number of nitrogens with zero attached hydrogens (tertiary/aromatic N) is 1. The molecule has 1 spiro atoms. The summed E-state index contributed by atoms with van der Waals surface area (Å²) in [7, 11) is 0. The lowest BCUT2D eigenvalue weighted by Crippen LogP contribution is -2.61. The van der Waals surface area contributed by atoms with E-state index in [9.17, 15) is 23.1 Å². The number of likely N-dealkylation sites (tertiary alicyclic amines) is 1. The second-order valence-electron chi connectivity index (χ2n) is 9.76. The zero-order chi connectivity index (χ0) is 20.3. The van der Waals surface area contributed by atoms with Crippen LogP contribution >= 0.6 is 0 Å². The molecular formula is C22H28F3NO2. The molecule has 154 valence electrons. The lowest BCUT2D eigenvalue weighted by molar-refractivity contribution is -0.161. The molecule has 4 rings (SSSR count). The van der Waals surface area contributed by atoms with E-state index in [-0.39, 0.29) is 22.8 Å². The van der Waals surface area contributed by atoms with Gasteiger partial charge >= 0.3 is 6.18 Å². The summed E-state index contributed by atoms with van der Waals surface area (Å²) < 4.78 is 38.8. The van der Waals surface area contributed by atoms with Gasteiger partial charge in [0.15, 0.2) is 0 Å². The van der Waals surface area contributed by atoms with Crippen molar-refractivity contribution in [2.24, 2.45) is 17.3 Å². The smallest absolute Gasteiger partial charge is 0.390 e. The number of aryl methyl sites for hydroxylation is 1. The average Bonchev–Trinajstić information content (AvgIpc) is 2.93. The number of carbonyl (C=O) groups is 1. The number of carbonyl (C=O) groups excluding carboxylic acids is 1. The van der Waals surface area contributed by atoms with Gasteiger partial charge in [0.2, 0.25) is 5.91 Å². The highest BCUT2D eigenvalue weighted by Crippen LogP contribution is 2.50. The van der Waals surface area contributed by atoms with Crippen LogP contribution in [0.3, 0.4) is 0 Å². The van der Waals surface area contributed by atoms with E-state index in [0.717, 1.165) is 44.3 Å². The molecule has 1 aromatic carbocycles. The first-order valence-electron chi connectivity index (χ1n) is 10.1. The van der Waals surface area contributed by atoms with E-state index >= 15 is 0 Å². The Kier molecular flexibility index (Phi) is 4.57. The predicted octanol–water partition coefficient (Wildman–Crippen LogP) is 4.35. The van der Waals surface area contributed by atoms with Crippen LogP contribution in [-0.2, 0) is 17.4 Å². The molecule has 2 saturated carbocycles. The number of benzene rings is 1. The van der Waals surface area contributed by atoms with Crippen molar-refractivity contribution in [3.63, 3.8) is 0 Å². The number of amides is 1. The van der Waals surface area contributed by atoms with Crippen LogP contribution in [0, 0.1) is 24.2 Å². The Hall–Kier alpha value is -1.56. The van der Waals surface area contributed by atoms with Crippen molar-refractivity contribution >= 4 is 5.91 Å². The van der Waals surface area contributed by atoms with Crippen LogP contribution in [0.15, 0.2) is 18.2 Å². The SMILES string of the molecule is Cc1cc(CC2CCC3(C2)CN(C(=O)C2CC(C)(O)C2)C3)ccc1C(F)(F)F. The molecule has 0 aromatic heterocycles. The van der Waals surface area contributed by atoms with Gasteiger partial charge in [0, 0.05) is 24.4 Å². The Morgan fingerprint density at radius 1 is 1.25 bits per heavy atom. The fraction of sp³-hybridized carbons (Fsp3) is 0.682. The molecule has 1 amide bonds. The third-order valence-corrected chi connectivity index (χ3v) is 7.01. The summed E-state index contributed by atoms with van der Waals surface area (Å²) in [6, 6.07) is 4.49. The predicted molar refractivity (Wildman–Crippen MR) is 99.6 cm³/mol. The van der Waals surface area contributed by atoms with Gasteiger partial charge in [-0.1, -0.05) is 12.1 Å². The zero-order valence-corrected chi connectivity index (χ0v) is 16.5. The molecule has 0 bridgehead atoms. The van der Waals surface area contributed by atoms with Gasteiger partial charge in [-0.2, -0.15) is 13.2 Å². The number of aliphatic hydroxyl groups is 1. The van der Waals surface area contributed by atoms with Crippen LogP contribution in [0.4, 0.5) is 13.2 Å². The minimum atomic E-state index is -4.30. The van der Waals surface area contributed by atoms with Crippen molar-refractivity contribution in [2.45, 2.75) is 64.1 Å². The standard InChI is InChI=1S/C22H28F3NO2/c1-14-7-15(3-4-18(14)22(23,24)25)8-16-5-6-21(9-16)12-26(13-21)19(27)17-10-20(2,28)11-17/h3-4,7,16-17,28H,5-6,8-13H2,1-2H3. The van der Waals surface area contributed by atoms with E-state index in [1.807, 2.05) is 4.90 Å². The number of alkyl halides is 3. The van der Waals surface area contributed by atoms with Gasteiger partial charge < -0.3 is 10.0 Å². The second kappa shape index (κ2) is 6.48. The quantitative estimate of drug-likeness (QED) is 0.827. The van der Waals surface area contributed by atoms with Gasteiger partial charge in [-0.25, -0.2) is 0 Å². The Morgan fingerprint density at radius 3 is 2.50 bits per heavy atom. The van der Waals surface area contributed by atoms with Gasteiger partial charge in [0.05, 0.1) is 11.2 Å². The summed E-state index contributed by atoms with van der Waals surface area (Å²) >= 11 is 0. The number of halogens is 3. The van der Waals surface area contributed by atoms with Gasteiger partial charge in [-0.3, -0.25) is 4.79 Å². The van der Waals surface area contributed by atoms with Crippen molar-refractivity contribution in [1.82, 2.24) is 4.90 Å². The first-order valence-corrected chi connectivity index (χ1v) is 10.1.